The monoisotopic (exact) mass is 374 g/mol. The second-order valence-corrected chi connectivity index (χ2v) is 6.30. The molecule has 0 aliphatic carbocycles. The van der Waals surface area contributed by atoms with Gasteiger partial charge < -0.3 is 15.4 Å². The summed E-state index contributed by atoms with van der Waals surface area (Å²) in [7, 11) is 0. The van der Waals surface area contributed by atoms with Gasteiger partial charge in [-0.15, -0.1) is 0 Å². The summed E-state index contributed by atoms with van der Waals surface area (Å²) in [6.07, 6.45) is 0.312. The van der Waals surface area contributed by atoms with E-state index >= 15 is 0 Å². The van der Waals surface area contributed by atoms with Crippen molar-refractivity contribution in [3.8, 4) is 11.5 Å². The highest BCUT2D eigenvalue weighted by molar-refractivity contribution is 5.97. The van der Waals surface area contributed by atoms with Gasteiger partial charge >= 0.3 is 0 Å². The number of ketones is 1. The Morgan fingerprint density at radius 3 is 2.25 bits per heavy atom. The molecule has 28 heavy (non-hydrogen) atoms. The molecule has 2 N–H and O–H groups in total. The van der Waals surface area contributed by atoms with E-state index in [1.165, 1.54) is 6.92 Å². The van der Waals surface area contributed by atoms with Gasteiger partial charge in [0.05, 0.1) is 0 Å². The van der Waals surface area contributed by atoms with Gasteiger partial charge in [0.15, 0.2) is 5.78 Å². The number of rotatable bonds is 8. The molecule has 3 aromatic rings. The molecule has 0 aliphatic rings. The van der Waals surface area contributed by atoms with Crippen molar-refractivity contribution in [2.45, 2.75) is 13.3 Å². The summed E-state index contributed by atoms with van der Waals surface area (Å²) < 4.78 is 5.75. The fourth-order valence-electron chi connectivity index (χ4n) is 2.63. The average molecular weight is 374 g/mol. The van der Waals surface area contributed by atoms with E-state index in [1.54, 1.807) is 24.3 Å². The van der Waals surface area contributed by atoms with E-state index in [9.17, 15) is 9.59 Å². The lowest BCUT2D eigenvalue weighted by Gasteiger charge is -2.09. The maximum Gasteiger partial charge on any atom is 0.226 e. The van der Waals surface area contributed by atoms with Crippen LogP contribution >= 0.6 is 0 Å². The first-order chi connectivity index (χ1) is 13.6. The summed E-state index contributed by atoms with van der Waals surface area (Å²) in [5, 5.41) is 6.02. The minimum Gasteiger partial charge on any atom is -0.457 e. The molecular weight excluding hydrogens is 352 g/mol. The summed E-state index contributed by atoms with van der Waals surface area (Å²) in [4.78, 5) is 23.5. The summed E-state index contributed by atoms with van der Waals surface area (Å²) in [5.74, 6) is 1.39. The van der Waals surface area contributed by atoms with E-state index in [4.69, 9.17) is 4.74 Å². The minimum atomic E-state index is -0.114. The lowest BCUT2D eigenvalue weighted by molar-refractivity contribution is -0.115. The van der Waals surface area contributed by atoms with E-state index < -0.39 is 0 Å². The third-order valence-corrected chi connectivity index (χ3v) is 4.07. The van der Waals surface area contributed by atoms with Crippen LogP contribution in [0.4, 0.5) is 11.4 Å². The number of anilines is 2. The molecule has 5 heteroatoms. The smallest absolute Gasteiger partial charge is 0.226 e. The third-order valence-electron chi connectivity index (χ3n) is 4.07. The molecule has 0 spiro atoms. The molecule has 5 nitrogen and oxygen atoms in total. The summed E-state index contributed by atoms with van der Waals surface area (Å²) in [5.41, 5.74) is 2.11. The Bertz CT molecular complexity index is 938. The largest absolute Gasteiger partial charge is 0.457 e. The van der Waals surface area contributed by atoms with Crippen LogP contribution in [-0.2, 0) is 4.79 Å². The predicted octanol–water partition coefficient (Wildman–Crippen LogP) is 5.12. The number of nitrogens with one attached hydrogen (secondary N) is 2. The molecule has 3 aromatic carbocycles. The molecule has 3 rings (SSSR count). The highest BCUT2D eigenvalue weighted by atomic mass is 16.5. The topological polar surface area (TPSA) is 67.4 Å². The number of ether oxygens (including phenoxy) is 1. The standard InChI is InChI=1S/C23H22N2O3/c1-17(26)18-6-5-7-20(16-18)25-23(27)14-15-24-19-10-12-22(13-11-19)28-21-8-3-2-4-9-21/h2-13,16,24H,14-15H2,1H3,(H,25,27). The Hall–Kier alpha value is -3.60. The van der Waals surface area contributed by atoms with Crippen molar-refractivity contribution in [2.75, 3.05) is 17.2 Å². The summed E-state index contributed by atoms with van der Waals surface area (Å²) in [6, 6.07) is 24.1. The molecule has 0 aromatic heterocycles. The van der Waals surface area contributed by atoms with Gasteiger partial charge in [-0.2, -0.15) is 0 Å². The van der Waals surface area contributed by atoms with Crippen LogP contribution in [-0.4, -0.2) is 18.2 Å². The molecule has 0 atom stereocenters. The van der Waals surface area contributed by atoms with Gasteiger partial charge in [0, 0.05) is 29.9 Å². The molecule has 142 valence electrons. The van der Waals surface area contributed by atoms with Crippen molar-refractivity contribution < 1.29 is 14.3 Å². The number of hydrogen-bond donors (Lipinski definition) is 2. The van der Waals surface area contributed by atoms with E-state index in [-0.39, 0.29) is 11.7 Å². The quantitative estimate of drug-likeness (QED) is 0.537. The fourth-order valence-corrected chi connectivity index (χ4v) is 2.63. The van der Waals surface area contributed by atoms with Gasteiger partial charge in [-0.3, -0.25) is 9.59 Å². The van der Waals surface area contributed by atoms with Crippen molar-refractivity contribution >= 4 is 23.1 Å². The van der Waals surface area contributed by atoms with Gasteiger partial charge in [-0.05, 0) is 55.5 Å². The zero-order valence-corrected chi connectivity index (χ0v) is 15.6. The normalized spacial score (nSPS) is 10.2. The van der Waals surface area contributed by atoms with Crippen LogP contribution in [0.1, 0.15) is 23.7 Å². The molecule has 0 bridgehead atoms. The van der Waals surface area contributed by atoms with Gasteiger partial charge in [0.2, 0.25) is 5.91 Å². The first kappa shape index (κ1) is 19.2. The number of carbonyl (C=O) groups excluding carboxylic acids is 2. The van der Waals surface area contributed by atoms with Crippen molar-refractivity contribution in [3.63, 3.8) is 0 Å². The van der Waals surface area contributed by atoms with Crippen LogP contribution in [0.3, 0.4) is 0 Å². The van der Waals surface area contributed by atoms with E-state index in [1.807, 2.05) is 54.6 Å². The van der Waals surface area contributed by atoms with Gasteiger partial charge in [-0.25, -0.2) is 0 Å². The van der Waals surface area contributed by atoms with Crippen LogP contribution in [0, 0.1) is 0 Å². The number of carbonyl (C=O) groups is 2. The van der Waals surface area contributed by atoms with Crippen LogP contribution in [0.15, 0.2) is 78.9 Å². The maximum atomic E-state index is 12.1. The zero-order valence-electron chi connectivity index (χ0n) is 15.6. The maximum absolute atomic E-state index is 12.1. The first-order valence-corrected chi connectivity index (χ1v) is 9.08. The second kappa shape index (κ2) is 9.37. The van der Waals surface area contributed by atoms with Crippen molar-refractivity contribution in [1.29, 1.82) is 0 Å². The van der Waals surface area contributed by atoms with Crippen LogP contribution in [0.25, 0.3) is 0 Å². The van der Waals surface area contributed by atoms with Gasteiger partial charge in [0.25, 0.3) is 0 Å². The molecular formula is C23H22N2O3. The van der Waals surface area contributed by atoms with Crippen molar-refractivity contribution in [3.05, 3.63) is 84.4 Å². The Labute approximate surface area is 164 Å². The molecule has 0 saturated heterocycles. The fraction of sp³-hybridized carbons (Fsp3) is 0.130. The Balaban J connectivity index is 1.45. The number of benzene rings is 3. The van der Waals surface area contributed by atoms with E-state index in [0.29, 0.717) is 24.2 Å². The highest BCUT2D eigenvalue weighted by Gasteiger charge is 2.05. The summed E-state index contributed by atoms with van der Waals surface area (Å²) in [6.45, 7) is 2.00. The molecule has 1 amide bonds. The Morgan fingerprint density at radius 1 is 0.821 bits per heavy atom. The van der Waals surface area contributed by atoms with Crippen LogP contribution < -0.4 is 15.4 Å². The number of para-hydroxylation sites is 1. The molecule has 0 radical (unpaired) electrons. The SMILES string of the molecule is CC(=O)c1cccc(NC(=O)CCNc2ccc(Oc3ccccc3)cc2)c1. The highest BCUT2D eigenvalue weighted by Crippen LogP contribution is 2.22. The minimum absolute atomic E-state index is 0.0301. The number of hydrogen-bond acceptors (Lipinski definition) is 4. The average Bonchev–Trinajstić information content (AvgIpc) is 2.70. The first-order valence-electron chi connectivity index (χ1n) is 9.08. The van der Waals surface area contributed by atoms with Crippen LogP contribution in [0.5, 0.6) is 11.5 Å². The number of amides is 1. The van der Waals surface area contributed by atoms with Crippen molar-refractivity contribution in [2.24, 2.45) is 0 Å². The molecule has 0 aliphatic heterocycles. The molecule has 0 heterocycles. The van der Waals surface area contributed by atoms with Crippen LogP contribution in [0.2, 0.25) is 0 Å². The van der Waals surface area contributed by atoms with Gasteiger partial charge in [-0.1, -0.05) is 30.3 Å². The van der Waals surface area contributed by atoms with Crippen molar-refractivity contribution in [1.82, 2.24) is 0 Å². The predicted molar refractivity (Wildman–Crippen MR) is 111 cm³/mol. The molecule has 0 fully saturated rings. The van der Waals surface area contributed by atoms with Gasteiger partial charge in [0.1, 0.15) is 11.5 Å². The second-order valence-electron chi connectivity index (χ2n) is 6.30. The summed E-state index contributed by atoms with van der Waals surface area (Å²) >= 11 is 0. The third kappa shape index (κ3) is 5.71. The Morgan fingerprint density at radius 2 is 1.54 bits per heavy atom. The van der Waals surface area contributed by atoms with E-state index in [2.05, 4.69) is 10.6 Å². The van der Waals surface area contributed by atoms with E-state index in [0.717, 1.165) is 17.2 Å². The molecule has 0 saturated carbocycles. The lowest BCUT2D eigenvalue weighted by atomic mass is 10.1. The lowest BCUT2D eigenvalue weighted by Crippen LogP contribution is -2.16. The zero-order chi connectivity index (χ0) is 19.8. The molecule has 0 unspecified atom stereocenters. The Kier molecular flexibility index (Phi) is 6.41. The number of Topliss-reactive ketones (excluding diaryl/α,β-unsaturated/α-hetero) is 1.